The number of esters is 1. The first kappa shape index (κ1) is 63.0. The van der Waals surface area contributed by atoms with Crippen molar-refractivity contribution in [3.05, 3.63) is 85.1 Å². The molecule has 0 heterocycles. The highest BCUT2D eigenvalue weighted by Gasteiger charge is 2.24. The molecule has 6 nitrogen and oxygen atoms in total. The standard InChI is InChI=1S/C60H105NO5/c1-4-7-10-13-16-19-22-25-28-29-32-33-36-39-42-45-48-51-56(66-60(65)53-50-47-44-41-38-35-31-27-24-21-18-15-12-9-6-3)54-59(64)61-57(55-62)58(63)52-49-46-43-40-37-34-30-26-23-20-17-14-11-8-5-2/h9,12,15-16,18-19,21,24-25,27-28,31-33,56-58,62-63H,4-8,10-11,13-14,17,20,22-23,26,29-30,34-55H2,1-3H3,(H,61,64)/b12-9+,18-15+,19-16-,24-21+,28-25-,31-27-,33-32-. The third-order valence-corrected chi connectivity index (χ3v) is 12.3. The number of nitrogens with one attached hydrogen (secondary N) is 1. The highest BCUT2D eigenvalue weighted by atomic mass is 16.5. The predicted octanol–water partition coefficient (Wildman–Crippen LogP) is 17.1. The summed E-state index contributed by atoms with van der Waals surface area (Å²) in [6.07, 6.45) is 69.2. The maximum atomic E-state index is 13.3. The van der Waals surface area contributed by atoms with Crippen LogP contribution in [0, 0.1) is 0 Å². The fraction of sp³-hybridized carbons (Fsp3) is 0.733. The Morgan fingerprint density at radius 3 is 1.41 bits per heavy atom. The molecule has 3 unspecified atom stereocenters. The Bertz CT molecular complexity index is 1260. The van der Waals surface area contributed by atoms with Crippen molar-refractivity contribution in [1.82, 2.24) is 5.32 Å². The van der Waals surface area contributed by atoms with Crippen LogP contribution in [-0.4, -0.2) is 46.9 Å². The average Bonchev–Trinajstić information content (AvgIpc) is 3.31. The fourth-order valence-corrected chi connectivity index (χ4v) is 8.10. The van der Waals surface area contributed by atoms with E-state index in [1.54, 1.807) is 0 Å². The predicted molar refractivity (Wildman–Crippen MR) is 287 cm³/mol. The second-order valence-electron chi connectivity index (χ2n) is 18.7. The zero-order valence-electron chi connectivity index (χ0n) is 43.3. The highest BCUT2D eigenvalue weighted by Crippen LogP contribution is 2.18. The first-order valence-electron chi connectivity index (χ1n) is 27.9. The van der Waals surface area contributed by atoms with Crippen LogP contribution < -0.4 is 5.32 Å². The van der Waals surface area contributed by atoms with E-state index in [2.05, 4.69) is 92.9 Å². The van der Waals surface area contributed by atoms with E-state index in [0.717, 1.165) is 109 Å². The van der Waals surface area contributed by atoms with E-state index < -0.39 is 18.2 Å². The average molecular weight is 921 g/mol. The van der Waals surface area contributed by atoms with Crippen molar-refractivity contribution in [2.24, 2.45) is 0 Å². The van der Waals surface area contributed by atoms with Crippen LogP contribution in [0.15, 0.2) is 85.1 Å². The summed E-state index contributed by atoms with van der Waals surface area (Å²) in [4.78, 5) is 26.2. The van der Waals surface area contributed by atoms with Crippen LogP contribution in [0.1, 0.15) is 258 Å². The molecular weight excluding hydrogens is 815 g/mol. The van der Waals surface area contributed by atoms with Crippen LogP contribution in [-0.2, 0) is 14.3 Å². The molecule has 0 spiro atoms. The molecule has 0 saturated carbocycles. The van der Waals surface area contributed by atoms with Crippen LogP contribution in [0.3, 0.4) is 0 Å². The Balaban J connectivity index is 4.67. The monoisotopic (exact) mass is 920 g/mol. The molecule has 0 aliphatic rings. The summed E-state index contributed by atoms with van der Waals surface area (Å²) in [6, 6.07) is -0.719. The Hall–Kier alpha value is -2.96. The number of unbranched alkanes of at least 4 members (excludes halogenated alkanes) is 26. The van der Waals surface area contributed by atoms with Gasteiger partial charge >= 0.3 is 5.97 Å². The van der Waals surface area contributed by atoms with Gasteiger partial charge in [0.15, 0.2) is 0 Å². The normalized spacial score (nSPS) is 13.8. The van der Waals surface area contributed by atoms with Gasteiger partial charge in [0, 0.05) is 6.42 Å². The number of carbonyl (C=O) groups is 2. The fourth-order valence-electron chi connectivity index (χ4n) is 8.10. The number of hydrogen-bond acceptors (Lipinski definition) is 5. The molecule has 0 rings (SSSR count). The van der Waals surface area contributed by atoms with Gasteiger partial charge in [-0.3, -0.25) is 9.59 Å². The first-order valence-corrected chi connectivity index (χ1v) is 27.9. The van der Waals surface area contributed by atoms with E-state index in [0.29, 0.717) is 19.3 Å². The molecule has 6 heteroatoms. The van der Waals surface area contributed by atoms with Gasteiger partial charge in [0.2, 0.25) is 5.91 Å². The molecule has 0 aliphatic carbocycles. The summed E-state index contributed by atoms with van der Waals surface area (Å²) in [5.41, 5.74) is 0. The number of aliphatic hydroxyl groups is 2. The molecule has 0 bridgehead atoms. The molecule has 3 N–H and O–H groups in total. The van der Waals surface area contributed by atoms with E-state index >= 15 is 0 Å². The van der Waals surface area contributed by atoms with Crippen LogP contribution >= 0.6 is 0 Å². The topological polar surface area (TPSA) is 95.9 Å². The Kier molecular flexibility index (Phi) is 50.6. The molecule has 0 aromatic heterocycles. The van der Waals surface area contributed by atoms with Gasteiger partial charge in [0.05, 0.1) is 25.2 Å². The van der Waals surface area contributed by atoms with Crippen molar-refractivity contribution >= 4 is 11.9 Å². The van der Waals surface area contributed by atoms with Gasteiger partial charge in [-0.25, -0.2) is 0 Å². The van der Waals surface area contributed by atoms with Crippen LogP contribution in [0.5, 0.6) is 0 Å². The van der Waals surface area contributed by atoms with Crippen molar-refractivity contribution in [3.8, 4) is 0 Å². The SMILES string of the molecule is CC/C=C/C=C/C=C/C=C\CCCCCCCC(=O)OC(CCCCCC/C=C\C/C=C\C/C=C\CCCCC)CC(=O)NC(CO)C(O)CCCCCCCCCCCCCCCCC. The van der Waals surface area contributed by atoms with E-state index in [1.165, 1.54) is 103 Å². The van der Waals surface area contributed by atoms with Crippen molar-refractivity contribution in [2.75, 3.05) is 6.61 Å². The maximum Gasteiger partial charge on any atom is 0.306 e. The summed E-state index contributed by atoms with van der Waals surface area (Å²) in [6.45, 7) is 6.32. The lowest BCUT2D eigenvalue weighted by Crippen LogP contribution is -2.46. The molecule has 0 radical (unpaired) electrons. The van der Waals surface area contributed by atoms with Crippen molar-refractivity contribution in [2.45, 2.75) is 277 Å². The lowest BCUT2D eigenvalue weighted by atomic mass is 10.0. The third kappa shape index (κ3) is 47.5. The van der Waals surface area contributed by atoms with Crippen molar-refractivity contribution in [3.63, 3.8) is 0 Å². The van der Waals surface area contributed by atoms with Gasteiger partial charge in [0.1, 0.15) is 6.10 Å². The van der Waals surface area contributed by atoms with Crippen LogP contribution in [0.4, 0.5) is 0 Å². The molecule has 0 saturated heterocycles. The van der Waals surface area contributed by atoms with Crippen molar-refractivity contribution < 1.29 is 24.5 Å². The van der Waals surface area contributed by atoms with E-state index in [1.807, 2.05) is 18.2 Å². The summed E-state index contributed by atoms with van der Waals surface area (Å²) in [5.74, 6) is -0.523. The second kappa shape index (κ2) is 53.0. The minimum atomic E-state index is -0.803. The summed E-state index contributed by atoms with van der Waals surface area (Å²) in [5, 5.41) is 23.9. The molecule has 0 aromatic carbocycles. The summed E-state index contributed by atoms with van der Waals surface area (Å²) in [7, 11) is 0. The minimum absolute atomic E-state index is 0.0493. The number of rotatable bonds is 49. The number of ether oxygens (including phenoxy) is 1. The van der Waals surface area contributed by atoms with Crippen LogP contribution in [0.2, 0.25) is 0 Å². The van der Waals surface area contributed by atoms with E-state index in [-0.39, 0.29) is 24.9 Å². The highest BCUT2D eigenvalue weighted by molar-refractivity contribution is 5.77. The maximum absolute atomic E-state index is 13.3. The molecule has 1 amide bonds. The molecule has 380 valence electrons. The molecule has 66 heavy (non-hydrogen) atoms. The van der Waals surface area contributed by atoms with E-state index in [9.17, 15) is 19.8 Å². The Morgan fingerprint density at radius 2 is 0.879 bits per heavy atom. The Labute approximate surface area is 408 Å². The van der Waals surface area contributed by atoms with Gasteiger partial charge < -0.3 is 20.3 Å². The molecule has 0 aromatic rings. The van der Waals surface area contributed by atoms with Gasteiger partial charge in [0.25, 0.3) is 0 Å². The second-order valence-corrected chi connectivity index (χ2v) is 18.7. The van der Waals surface area contributed by atoms with Gasteiger partial charge in [-0.05, 0) is 83.5 Å². The molecular formula is C60H105NO5. The smallest absolute Gasteiger partial charge is 0.306 e. The minimum Gasteiger partial charge on any atom is -0.462 e. The largest absolute Gasteiger partial charge is 0.462 e. The lowest BCUT2D eigenvalue weighted by Gasteiger charge is -2.24. The number of hydrogen-bond donors (Lipinski definition) is 3. The zero-order valence-corrected chi connectivity index (χ0v) is 43.3. The lowest BCUT2D eigenvalue weighted by molar-refractivity contribution is -0.151. The summed E-state index contributed by atoms with van der Waals surface area (Å²) < 4.78 is 5.93. The number of amides is 1. The van der Waals surface area contributed by atoms with E-state index in [4.69, 9.17) is 4.74 Å². The first-order chi connectivity index (χ1) is 32.5. The molecule has 0 fully saturated rings. The molecule has 3 atom stereocenters. The van der Waals surface area contributed by atoms with Gasteiger partial charge in [-0.1, -0.05) is 247 Å². The van der Waals surface area contributed by atoms with Gasteiger partial charge in [-0.15, -0.1) is 0 Å². The quantitative estimate of drug-likeness (QED) is 0.0245. The molecule has 0 aliphatic heterocycles. The van der Waals surface area contributed by atoms with Crippen LogP contribution in [0.25, 0.3) is 0 Å². The number of allylic oxidation sites excluding steroid dienone is 14. The number of carbonyl (C=O) groups excluding carboxylic acids is 2. The van der Waals surface area contributed by atoms with Crippen molar-refractivity contribution in [1.29, 1.82) is 0 Å². The number of aliphatic hydroxyl groups excluding tert-OH is 2. The Morgan fingerprint density at radius 1 is 0.470 bits per heavy atom. The van der Waals surface area contributed by atoms with Gasteiger partial charge in [-0.2, -0.15) is 0 Å². The third-order valence-electron chi connectivity index (χ3n) is 12.3. The zero-order chi connectivity index (χ0) is 48.1. The summed E-state index contributed by atoms with van der Waals surface area (Å²) >= 11 is 0.